The number of hydrogen-bond acceptors (Lipinski definition) is 0. The first-order chi connectivity index (χ1) is 0. The molecule has 0 rings (SSSR count). The van der Waals surface area contributed by atoms with Crippen molar-refractivity contribution in [3.63, 3.8) is 0 Å². The molecule has 0 aliphatic heterocycles. The van der Waals surface area contributed by atoms with Crippen molar-refractivity contribution in [2.24, 2.45) is 0 Å². The number of rotatable bonds is 0. The molecule has 0 aromatic rings. The van der Waals surface area contributed by atoms with Crippen LogP contribution in [0, 0.1) is 0 Å². The Morgan fingerprint density at radius 1 is 1.20 bits per heavy atom. The zero-order valence-electron chi connectivity index (χ0n) is 8.11. The van der Waals surface area contributed by atoms with Crippen LogP contribution in [0.3, 0.4) is 0 Å². The van der Waals surface area contributed by atoms with Gasteiger partial charge in [-0.2, -0.15) is 0 Å². The Morgan fingerprint density at radius 2 is 1.20 bits per heavy atom. The van der Waals surface area contributed by atoms with E-state index in [2.05, 4.69) is 0 Å². The average molecular weight is 190 g/mol. The van der Waals surface area contributed by atoms with Crippen LogP contribution in [0.4, 0.5) is 0 Å². The summed E-state index contributed by atoms with van der Waals surface area (Å²) in [5.74, 6) is 0. The fourth-order valence-corrected chi connectivity index (χ4v) is 0. The van der Waals surface area contributed by atoms with Gasteiger partial charge in [0, 0.05) is 33.6 Å². The Hall–Kier alpha value is 3.64. The van der Waals surface area contributed by atoms with Gasteiger partial charge in [-0.05, 0) is 0 Å². The summed E-state index contributed by atoms with van der Waals surface area (Å²) < 4.78 is 0. The summed E-state index contributed by atoms with van der Waals surface area (Å²) in [5.41, 5.74) is 0. The first kappa shape index (κ1) is 38.1. The third-order valence-electron chi connectivity index (χ3n) is 0. The maximum absolute atomic E-state index is 0. The quantitative estimate of drug-likeness (QED) is 0.353. The minimum atomic E-state index is 0. The van der Waals surface area contributed by atoms with Crippen molar-refractivity contribution in [1.29, 1.82) is 0 Å². The maximum Gasteiger partial charge on any atom is 2.00 e. The molecule has 0 amide bonds. The summed E-state index contributed by atoms with van der Waals surface area (Å²) in [5, 5.41) is 0. The van der Waals surface area contributed by atoms with Gasteiger partial charge < -0.3 is 7.13 Å². The molecule has 0 unspecified atom stereocenters. The molecule has 0 spiro atoms. The SMILES string of the molecule is [Ca+2].[H-].[H-].[H-].[H-].[H-].[Li+].[Mg+2].[Mn].[Ni]. The summed E-state index contributed by atoms with van der Waals surface area (Å²) >= 11 is 0. The fraction of sp³-hybridized carbons (Fsp3) is 0. The second-order valence-electron chi connectivity index (χ2n) is 0. The van der Waals surface area contributed by atoms with Crippen LogP contribution < -0.4 is 18.9 Å². The molecular weight excluding hydrogens is 185 g/mol. The second kappa shape index (κ2) is 25.4. The van der Waals surface area contributed by atoms with Gasteiger partial charge in [0.1, 0.15) is 0 Å². The first-order valence-electron chi connectivity index (χ1n) is 0. The van der Waals surface area contributed by atoms with Gasteiger partial charge in [-0.25, -0.2) is 0 Å². The third kappa shape index (κ3) is 18.3. The minimum absolute atomic E-state index is 0. The molecule has 0 aromatic heterocycles. The van der Waals surface area contributed by atoms with Crippen molar-refractivity contribution in [3.8, 4) is 0 Å². The van der Waals surface area contributed by atoms with Gasteiger partial charge in [0.05, 0.1) is 0 Å². The normalized spacial score (nSPS) is 0. The molecule has 0 aromatic carbocycles. The molecular formula is H5CaLiMgMnNi. The van der Waals surface area contributed by atoms with Crippen LogP contribution >= 0.6 is 0 Å². The van der Waals surface area contributed by atoms with Crippen LogP contribution in [0.15, 0.2) is 0 Å². The molecule has 0 fully saturated rings. The van der Waals surface area contributed by atoms with Gasteiger partial charge in [0.25, 0.3) is 0 Å². The Labute approximate surface area is 118 Å². The standard InChI is InChI=1S/Ca.Li.Mg.Mn.Ni.5H/q+2;+1;+2;;;5*-1. The summed E-state index contributed by atoms with van der Waals surface area (Å²) in [4.78, 5) is 0. The van der Waals surface area contributed by atoms with E-state index in [1.165, 1.54) is 0 Å². The van der Waals surface area contributed by atoms with E-state index in [9.17, 15) is 0 Å². The van der Waals surface area contributed by atoms with Crippen LogP contribution in [0.5, 0.6) is 0 Å². The molecule has 1 radical (unpaired) electrons. The summed E-state index contributed by atoms with van der Waals surface area (Å²) in [6.07, 6.45) is 0. The van der Waals surface area contributed by atoms with Gasteiger partial charge >= 0.3 is 79.7 Å². The molecule has 0 bridgehead atoms. The van der Waals surface area contributed by atoms with Crippen molar-refractivity contribution in [1.82, 2.24) is 0 Å². The molecule has 0 aliphatic rings. The molecule has 0 saturated carbocycles. The summed E-state index contributed by atoms with van der Waals surface area (Å²) in [6.45, 7) is 0. The van der Waals surface area contributed by atoms with Gasteiger partial charge in [-0.3, -0.25) is 0 Å². The Bertz CT molecular complexity index is 21.6. The summed E-state index contributed by atoms with van der Waals surface area (Å²) in [7, 11) is 0. The van der Waals surface area contributed by atoms with Crippen molar-refractivity contribution in [3.05, 3.63) is 0 Å². The maximum atomic E-state index is 0. The molecule has 0 nitrogen and oxygen atoms in total. The van der Waals surface area contributed by atoms with Crippen molar-refractivity contribution < 1.29 is 59.6 Å². The van der Waals surface area contributed by atoms with E-state index >= 15 is 0 Å². The van der Waals surface area contributed by atoms with Crippen LogP contribution in [0.1, 0.15) is 7.13 Å². The van der Waals surface area contributed by atoms with Crippen LogP contribution in [-0.2, 0) is 33.6 Å². The molecule has 0 saturated heterocycles. The van der Waals surface area contributed by atoms with E-state index in [1.807, 2.05) is 0 Å². The van der Waals surface area contributed by atoms with Crippen molar-refractivity contribution in [2.45, 2.75) is 0 Å². The van der Waals surface area contributed by atoms with E-state index in [1.54, 1.807) is 0 Å². The largest absolute Gasteiger partial charge is 2.00 e. The molecule has 5 heavy (non-hydrogen) atoms. The zero-order chi connectivity index (χ0) is 0. The third-order valence-corrected chi connectivity index (χ3v) is 0. The van der Waals surface area contributed by atoms with Gasteiger partial charge in [0.15, 0.2) is 0 Å². The van der Waals surface area contributed by atoms with E-state index in [0.29, 0.717) is 0 Å². The predicted molar refractivity (Wildman–Crippen MR) is 17.1 cm³/mol. The van der Waals surface area contributed by atoms with E-state index < -0.39 is 0 Å². The number of hydrogen-bond donors (Lipinski definition) is 0. The van der Waals surface area contributed by atoms with Crippen LogP contribution in [0.25, 0.3) is 0 Å². The minimum Gasteiger partial charge on any atom is -1.00 e. The smallest absolute Gasteiger partial charge is 1.00 e. The molecule has 5 heteroatoms. The topological polar surface area (TPSA) is 0 Å². The molecule has 0 atom stereocenters. The fourth-order valence-electron chi connectivity index (χ4n) is 0. The van der Waals surface area contributed by atoms with Crippen molar-refractivity contribution in [2.75, 3.05) is 0 Å². The first-order valence-corrected chi connectivity index (χ1v) is 0. The molecule has 0 aliphatic carbocycles. The summed E-state index contributed by atoms with van der Waals surface area (Å²) in [6, 6.07) is 0. The monoisotopic (exact) mass is 189 g/mol. The van der Waals surface area contributed by atoms with E-state index in [0.717, 1.165) is 0 Å². The molecule has 0 N–H and O–H groups in total. The average Bonchev–Trinajstić information content (AvgIpc) is 0. The van der Waals surface area contributed by atoms with Crippen LogP contribution in [0.2, 0.25) is 0 Å². The Balaban J connectivity index is 0. The Kier molecular flexibility index (Phi) is 194. The van der Waals surface area contributed by atoms with E-state index in [-0.39, 0.29) is 120 Å². The second-order valence-corrected chi connectivity index (χ2v) is 0. The zero-order valence-corrected chi connectivity index (χ0v) is 8.90. The Morgan fingerprint density at radius 3 is 1.20 bits per heavy atom. The predicted octanol–water partition coefficient (Wildman–Crippen LogP) is -3.20. The molecule has 0 heterocycles. The molecule has 27 valence electrons. The van der Waals surface area contributed by atoms with Gasteiger partial charge in [-0.1, -0.05) is 0 Å². The van der Waals surface area contributed by atoms with Gasteiger partial charge in [-0.15, -0.1) is 0 Å². The van der Waals surface area contributed by atoms with Crippen molar-refractivity contribution >= 4 is 60.8 Å². The van der Waals surface area contributed by atoms with Gasteiger partial charge in [0.2, 0.25) is 0 Å². The van der Waals surface area contributed by atoms with E-state index in [4.69, 9.17) is 0 Å². The van der Waals surface area contributed by atoms with Crippen LogP contribution in [-0.4, -0.2) is 60.8 Å².